The van der Waals surface area contributed by atoms with E-state index in [4.69, 9.17) is 4.74 Å². The molecule has 0 spiro atoms. The number of carbonyl (C=O) groups excluding carboxylic acids is 1. The minimum absolute atomic E-state index is 0.00220. The molecule has 0 fully saturated rings. The Bertz CT molecular complexity index is 1450. The van der Waals surface area contributed by atoms with Crippen LogP contribution in [0.2, 0.25) is 0 Å². The van der Waals surface area contributed by atoms with Gasteiger partial charge in [0.25, 0.3) is 0 Å². The molecule has 158 valence electrons. The Labute approximate surface area is 179 Å². The van der Waals surface area contributed by atoms with E-state index in [0.29, 0.717) is 0 Å². The van der Waals surface area contributed by atoms with Crippen molar-refractivity contribution >= 4 is 31.2 Å². The van der Waals surface area contributed by atoms with Crippen LogP contribution in [0.3, 0.4) is 0 Å². The number of ketones is 1. The summed E-state index contributed by atoms with van der Waals surface area (Å²) in [4.78, 5) is 11.7. The largest absolute Gasteiger partial charge is 0.506 e. The van der Waals surface area contributed by atoms with E-state index in [1.165, 1.54) is 49.6 Å². The van der Waals surface area contributed by atoms with Crippen LogP contribution in [0.5, 0.6) is 0 Å². The van der Waals surface area contributed by atoms with Gasteiger partial charge in [-0.2, -0.15) is 0 Å². The van der Waals surface area contributed by atoms with E-state index in [2.05, 4.69) is 0 Å². The lowest BCUT2D eigenvalue weighted by atomic mass is 10.1. The summed E-state index contributed by atoms with van der Waals surface area (Å²) in [5, 5.41) is 10.3. The van der Waals surface area contributed by atoms with Crippen LogP contribution in [0.1, 0.15) is 15.9 Å². The summed E-state index contributed by atoms with van der Waals surface area (Å²) in [6.45, 7) is 0. The summed E-state index contributed by atoms with van der Waals surface area (Å²) < 4.78 is 55.7. The lowest BCUT2D eigenvalue weighted by Gasteiger charge is -2.01. The lowest BCUT2D eigenvalue weighted by molar-refractivity contribution is 0.104. The zero-order valence-corrected chi connectivity index (χ0v) is 17.8. The van der Waals surface area contributed by atoms with Gasteiger partial charge in [0.2, 0.25) is 25.5 Å². The smallest absolute Gasteiger partial charge is 0.211 e. The summed E-state index contributed by atoms with van der Waals surface area (Å²) in [5.41, 5.74) is 0.300. The van der Waals surface area contributed by atoms with E-state index < -0.39 is 30.4 Å². The van der Waals surface area contributed by atoms with Gasteiger partial charge in [-0.15, -0.1) is 0 Å². The van der Waals surface area contributed by atoms with Crippen molar-refractivity contribution in [3.8, 4) is 0 Å². The number of aliphatic hydroxyl groups excluding tert-OH is 1. The Kier molecular flexibility index (Phi) is 4.95. The Morgan fingerprint density at radius 1 is 0.903 bits per heavy atom. The second kappa shape index (κ2) is 7.36. The van der Waals surface area contributed by atoms with Crippen LogP contribution in [0.15, 0.2) is 98.2 Å². The van der Waals surface area contributed by atoms with Crippen LogP contribution in [-0.2, 0) is 24.4 Å². The fraction of sp³-hybridized carbons (Fsp3) is 0.0455. The normalized spacial score (nSPS) is 20.4. The van der Waals surface area contributed by atoms with E-state index in [9.17, 15) is 26.7 Å². The fourth-order valence-corrected chi connectivity index (χ4v) is 6.48. The van der Waals surface area contributed by atoms with Crippen molar-refractivity contribution in [3.63, 3.8) is 0 Å². The second-order valence-electron chi connectivity index (χ2n) is 6.68. The predicted octanol–water partition coefficient (Wildman–Crippen LogP) is 3.34. The highest BCUT2D eigenvalue weighted by Crippen LogP contribution is 2.38. The molecule has 0 atom stereocenters. The van der Waals surface area contributed by atoms with Crippen molar-refractivity contribution in [2.24, 2.45) is 0 Å². The van der Waals surface area contributed by atoms with Crippen LogP contribution >= 0.6 is 0 Å². The molecule has 1 N–H and O–H groups in total. The third-order valence-corrected chi connectivity index (χ3v) is 8.60. The van der Waals surface area contributed by atoms with Gasteiger partial charge in [-0.1, -0.05) is 24.3 Å². The number of hydrogen-bond acceptors (Lipinski definition) is 7. The molecular weight excluding hydrogens is 440 g/mol. The van der Waals surface area contributed by atoms with E-state index in [1.54, 1.807) is 18.2 Å². The minimum Gasteiger partial charge on any atom is -0.506 e. The molecule has 2 aliphatic heterocycles. The first-order chi connectivity index (χ1) is 14.7. The number of Topliss-reactive ketones (excluding diaryl/α,β-unsaturated/α-hetero) is 1. The van der Waals surface area contributed by atoms with Gasteiger partial charge in [0, 0.05) is 11.1 Å². The molecule has 0 unspecified atom stereocenters. The van der Waals surface area contributed by atoms with Crippen molar-refractivity contribution in [1.29, 1.82) is 0 Å². The van der Waals surface area contributed by atoms with E-state index >= 15 is 0 Å². The average Bonchev–Trinajstić information content (AvgIpc) is 3.07. The van der Waals surface area contributed by atoms with Gasteiger partial charge < -0.3 is 9.84 Å². The quantitative estimate of drug-likeness (QED) is 0.426. The Balaban J connectivity index is 1.70. The van der Waals surface area contributed by atoms with Crippen molar-refractivity contribution in [2.75, 3.05) is 7.11 Å². The SMILES string of the molecule is COC(C=CC1=C(O)c2ccccc2S1(=O)=O)=CC=C1C(=O)c2ccccc2S1(=O)=O. The summed E-state index contributed by atoms with van der Waals surface area (Å²) in [6, 6.07) is 12.0. The monoisotopic (exact) mass is 456 g/mol. The third kappa shape index (κ3) is 3.22. The molecule has 4 rings (SSSR count). The average molecular weight is 456 g/mol. The molecule has 2 aromatic carbocycles. The van der Waals surface area contributed by atoms with Gasteiger partial charge in [0.1, 0.15) is 21.3 Å². The molecule has 0 amide bonds. The number of aliphatic hydroxyl groups is 1. The standard InChI is InChI=1S/C22H16O7S2/c1-29-14(10-12-19-21(23)15-6-2-4-8-17(15)30(19,25)26)11-13-20-22(24)16-7-3-5-9-18(16)31(20,27)28/h2-13,23H,1H3. The highest BCUT2D eigenvalue weighted by Gasteiger charge is 2.38. The number of fused-ring (bicyclic) bond motifs is 2. The first-order valence-electron chi connectivity index (χ1n) is 9.00. The number of ether oxygens (including phenoxy) is 1. The first kappa shape index (κ1) is 20.8. The summed E-state index contributed by atoms with van der Waals surface area (Å²) in [6.07, 6.45) is 4.80. The number of carbonyl (C=O) groups is 1. The zero-order valence-electron chi connectivity index (χ0n) is 16.1. The van der Waals surface area contributed by atoms with Crippen LogP contribution in [-0.4, -0.2) is 34.8 Å². The summed E-state index contributed by atoms with van der Waals surface area (Å²) in [5.74, 6) is -0.928. The second-order valence-corrected chi connectivity index (χ2v) is 10.5. The molecule has 31 heavy (non-hydrogen) atoms. The Hall–Kier alpha value is -3.43. The van der Waals surface area contributed by atoms with Gasteiger partial charge in [-0.3, -0.25) is 4.79 Å². The number of sulfone groups is 2. The fourth-order valence-electron chi connectivity index (χ4n) is 3.38. The molecule has 0 bridgehead atoms. The number of methoxy groups -OCH3 is 1. The molecule has 2 aliphatic rings. The van der Waals surface area contributed by atoms with Crippen molar-refractivity contribution in [3.05, 3.63) is 99.5 Å². The number of hydrogen-bond donors (Lipinski definition) is 1. The van der Waals surface area contributed by atoms with E-state index in [1.807, 2.05) is 0 Å². The highest BCUT2D eigenvalue weighted by atomic mass is 32.2. The maximum absolute atomic E-state index is 12.7. The number of benzene rings is 2. The Morgan fingerprint density at radius 3 is 2.06 bits per heavy atom. The third-order valence-electron chi connectivity index (χ3n) is 4.92. The minimum atomic E-state index is -3.95. The molecule has 2 heterocycles. The molecule has 7 nitrogen and oxygen atoms in total. The van der Waals surface area contributed by atoms with Gasteiger partial charge in [0.15, 0.2) is 0 Å². The number of allylic oxidation sites excluding steroid dienone is 5. The molecule has 0 saturated heterocycles. The molecule has 2 aromatic rings. The topological polar surface area (TPSA) is 115 Å². The Morgan fingerprint density at radius 2 is 1.48 bits per heavy atom. The maximum Gasteiger partial charge on any atom is 0.211 e. The molecular formula is C22H16O7S2. The summed E-state index contributed by atoms with van der Waals surface area (Å²) in [7, 11) is -6.54. The van der Waals surface area contributed by atoms with E-state index in [0.717, 1.165) is 12.2 Å². The molecule has 0 aliphatic carbocycles. The van der Waals surface area contributed by atoms with Crippen molar-refractivity contribution in [2.45, 2.75) is 9.79 Å². The van der Waals surface area contributed by atoms with Crippen molar-refractivity contribution in [1.82, 2.24) is 0 Å². The highest BCUT2D eigenvalue weighted by molar-refractivity contribution is 7.97. The van der Waals surface area contributed by atoms with Gasteiger partial charge in [-0.25, -0.2) is 16.8 Å². The maximum atomic E-state index is 12.7. The van der Waals surface area contributed by atoms with Crippen LogP contribution in [0.25, 0.3) is 5.76 Å². The van der Waals surface area contributed by atoms with Crippen LogP contribution < -0.4 is 0 Å². The van der Waals surface area contributed by atoms with Crippen LogP contribution in [0, 0.1) is 0 Å². The molecule has 0 aromatic heterocycles. The lowest BCUT2D eigenvalue weighted by Crippen LogP contribution is -2.02. The molecule has 0 saturated carbocycles. The molecule has 0 radical (unpaired) electrons. The summed E-state index contributed by atoms with van der Waals surface area (Å²) >= 11 is 0. The zero-order chi connectivity index (χ0) is 22.4. The predicted molar refractivity (Wildman–Crippen MR) is 113 cm³/mol. The van der Waals surface area contributed by atoms with Gasteiger partial charge >= 0.3 is 0 Å². The molecule has 9 heteroatoms. The first-order valence-corrected chi connectivity index (χ1v) is 12.0. The van der Waals surface area contributed by atoms with E-state index in [-0.39, 0.29) is 37.3 Å². The van der Waals surface area contributed by atoms with Crippen LogP contribution in [0.4, 0.5) is 0 Å². The number of rotatable bonds is 4. The van der Waals surface area contributed by atoms with Gasteiger partial charge in [-0.05, 0) is 48.6 Å². The van der Waals surface area contributed by atoms with Crippen molar-refractivity contribution < 1.29 is 31.5 Å². The van der Waals surface area contributed by atoms with Gasteiger partial charge in [0.05, 0.1) is 16.9 Å².